The molecule has 0 bridgehead atoms. The van der Waals surface area contributed by atoms with Crippen molar-refractivity contribution >= 4 is 36.1 Å². The van der Waals surface area contributed by atoms with Crippen molar-refractivity contribution in [3.05, 3.63) is 0 Å². The Bertz CT molecular complexity index is 8.00. The maximum absolute atomic E-state index is 2.56. The van der Waals surface area contributed by atoms with Crippen LogP contribution in [0, 0.1) is 0 Å². The van der Waals surface area contributed by atoms with Crippen LogP contribution in [-0.4, -0.2) is 27.3 Å². The third-order valence-corrected chi connectivity index (χ3v) is 0. The van der Waals surface area contributed by atoms with Crippen molar-refractivity contribution in [1.82, 2.24) is 0 Å². The van der Waals surface area contributed by atoms with Gasteiger partial charge in [-0.3, -0.25) is 0 Å². The molecule has 0 aromatic carbocycles. The van der Waals surface area contributed by atoms with Gasteiger partial charge in [0.05, 0.1) is 0 Å². The summed E-state index contributed by atoms with van der Waals surface area (Å²) in [5.74, 6) is 0. The van der Waals surface area contributed by atoms with Crippen LogP contribution in [0.1, 0.15) is 0 Å². The predicted molar refractivity (Wildman–Crippen MR) is 29.6 cm³/mol. The minimum atomic E-state index is 0. The first-order valence-corrected chi connectivity index (χ1v) is 5.20. The number of hydrogen-bond donors (Lipinski definition) is 0. The summed E-state index contributed by atoms with van der Waals surface area (Å²) in [6.07, 6.45) is 0. The van der Waals surface area contributed by atoms with Crippen LogP contribution in [0.4, 0.5) is 0 Å². The summed E-state index contributed by atoms with van der Waals surface area (Å²) in [6, 6.07) is 0. The fourth-order valence-corrected chi connectivity index (χ4v) is 0. The van der Waals surface area contributed by atoms with E-state index >= 15 is 0 Å². The van der Waals surface area contributed by atoms with E-state index in [1.165, 1.54) is 9.91 Å². The fourth-order valence-electron chi connectivity index (χ4n) is 0. The molecule has 1 atom stereocenters. The second-order valence-corrected chi connectivity index (χ2v) is 0. The van der Waals surface area contributed by atoms with Crippen LogP contribution in [0.3, 0.4) is 0 Å². The van der Waals surface area contributed by atoms with Gasteiger partial charge in [0.1, 0.15) is 0 Å². The summed E-state index contributed by atoms with van der Waals surface area (Å²) >= 11 is 0. The van der Waals surface area contributed by atoms with E-state index in [4.69, 9.17) is 0 Å². The predicted octanol–water partition coefficient (Wildman–Crippen LogP) is -2.04. The molecular formula is H8AlPSiZr. The molecule has 0 saturated heterocycles. The van der Waals surface area contributed by atoms with Crippen molar-refractivity contribution in [2.45, 2.75) is 0 Å². The maximum Gasteiger partial charge on any atom is 0.187 e. The van der Waals surface area contributed by atoms with Gasteiger partial charge in [0.25, 0.3) is 0 Å². The molecule has 0 spiro atoms. The second-order valence-electron chi connectivity index (χ2n) is 0. The number of rotatable bonds is 0. The Balaban J connectivity index is -0.00000000500. The minimum absolute atomic E-state index is 0. The summed E-state index contributed by atoms with van der Waals surface area (Å²) < 4.78 is 0. The third-order valence-electron chi connectivity index (χ3n) is 0. The van der Waals surface area contributed by atoms with Gasteiger partial charge in [-0.15, -0.1) is 0 Å². The van der Waals surface area contributed by atoms with E-state index in [1.807, 2.05) is 0 Å². The molecule has 0 aliphatic rings. The maximum atomic E-state index is 2.56. The van der Waals surface area contributed by atoms with Crippen LogP contribution in [0.2, 0.25) is 0 Å². The SMILES string of the molecule is [AlH3].[SiH3]P.[Zr]. The normalized spacial score (nSPS) is 2.25. The molecule has 0 aromatic heterocycles. The summed E-state index contributed by atoms with van der Waals surface area (Å²) in [4.78, 5) is 0. The smallest absolute Gasteiger partial charge is 0.159 e. The van der Waals surface area contributed by atoms with Gasteiger partial charge < -0.3 is 0 Å². The number of hydrogen-bond acceptors (Lipinski definition) is 0. The Labute approximate surface area is 61.8 Å². The zero-order valence-electron chi connectivity index (χ0n) is 2.08. The molecule has 0 fully saturated rings. The van der Waals surface area contributed by atoms with Gasteiger partial charge in [-0.25, -0.2) is 0 Å². The second kappa shape index (κ2) is 19.6. The molecular weight excluding hydrogens is 177 g/mol. The zero-order chi connectivity index (χ0) is 2.00. The molecule has 0 heterocycles. The van der Waals surface area contributed by atoms with Crippen LogP contribution in [0.5, 0.6) is 0 Å². The van der Waals surface area contributed by atoms with Gasteiger partial charge >= 0.3 is 0 Å². The molecule has 0 aliphatic heterocycles. The molecule has 0 saturated carbocycles. The van der Waals surface area contributed by atoms with Crippen molar-refractivity contribution in [3.8, 4) is 0 Å². The molecule has 0 nitrogen and oxygen atoms in total. The Kier molecular flexibility index (Phi) is 81.3. The van der Waals surface area contributed by atoms with Gasteiger partial charge in [-0.2, -0.15) is 8.79 Å². The summed E-state index contributed by atoms with van der Waals surface area (Å²) in [5, 5.41) is 0. The van der Waals surface area contributed by atoms with E-state index in [9.17, 15) is 0 Å². The van der Waals surface area contributed by atoms with Crippen LogP contribution in [0.25, 0.3) is 0 Å². The van der Waals surface area contributed by atoms with Gasteiger partial charge in [0.15, 0.2) is 17.4 Å². The first-order valence-electron chi connectivity index (χ1n) is 0.577. The molecule has 0 aromatic rings. The van der Waals surface area contributed by atoms with Gasteiger partial charge in [-0.1, -0.05) is 0 Å². The molecule has 4 heavy (non-hydrogen) atoms. The quantitative estimate of drug-likeness (QED) is 0.301. The molecule has 0 amide bonds. The topological polar surface area (TPSA) is 0 Å². The molecule has 1 unspecified atom stereocenters. The molecule has 0 aliphatic carbocycles. The summed E-state index contributed by atoms with van der Waals surface area (Å²) in [7, 11) is 3.78. The van der Waals surface area contributed by atoms with E-state index in [0.29, 0.717) is 0 Å². The van der Waals surface area contributed by atoms with Gasteiger partial charge in [0, 0.05) is 36.1 Å². The Morgan fingerprint density at radius 1 is 1.25 bits per heavy atom. The average molecular weight is 185 g/mol. The largest absolute Gasteiger partial charge is 0.187 e. The van der Waals surface area contributed by atoms with Crippen molar-refractivity contribution in [2.24, 2.45) is 0 Å². The van der Waals surface area contributed by atoms with Crippen molar-refractivity contribution in [3.63, 3.8) is 0 Å². The standard InChI is InChI=1S/Al.H5PSi.Zr.3H/c;1-2;;;;/h;1H2,2H3;;;;. The van der Waals surface area contributed by atoms with Gasteiger partial charge in [-0.05, 0) is 0 Å². The average Bonchev–Trinajstić information content (AvgIpc) is 1.00. The van der Waals surface area contributed by atoms with Crippen molar-refractivity contribution in [2.75, 3.05) is 0 Å². The Morgan fingerprint density at radius 3 is 1.25 bits per heavy atom. The summed E-state index contributed by atoms with van der Waals surface area (Å²) in [6.45, 7) is 0. The molecule has 0 rings (SSSR count). The van der Waals surface area contributed by atoms with Crippen LogP contribution < -0.4 is 0 Å². The molecule has 0 N–H and O–H groups in total. The Hall–Kier alpha value is 2.06. The van der Waals surface area contributed by atoms with E-state index in [2.05, 4.69) is 8.79 Å². The third kappa shape index (κ3) is 8.96. The van der Waals surface area contributed by atoms with E-state index in [1.54, 1.807) is 0 Å². The van der Waals surface area contributed by atoms with Crippen LogP contribution in [-0.2, 0) is 26.2 Å². The van der Waals surface area contributed by atoms with Crippen LogP contribution in [0.15, 0.2) is 0 Å². The minimum Gasteiger partial charge on any atom is -0.159 e. The first-order chi connectivity index (χ1) is 1.00. The summed E-state index contributed by atoms with van der Waals surface area (Å²) in [5.41, 5.74) is 0. The van der Waals surface area contributed by atoms with Crippen molar-refractivity contribution in [1.29, 1.82) is 0 Å². The zero-order valence-corrected chi connectivity index (χ0v) is 7.69. The van der Waals surface area contributed by atoms with E-state index in [-0.39, 0.29) is 43.6 Å². The first kappa shape index (κ1) is 16.6. The Morgan fingerprint density at radius 2 is 1.25 bits per heavy atom. The van der Waals surface area contributed by atoms with E-state index < -0.39 is 0 Å². The fraction of sp³-hybridized carbons (Fsp3) is 0. The van der Waals surface area contributed by atoms with Gasteiger partial charge in [0.2, 0.25) is 0 Å². The monoisotopic (exact) mass is 184 g/mol. The van der Waals surface area contributed by atoms with E-state index in [0.717, 1.165) is 0 Å². The van der Waals surface area contributed by atoms with Crippen molar-refractivity contribution < 1.29 is 26.2 Å². The van der Waals surface area contributed by atoms with Crippen LogP contribution >= 0.6 is 8.79 Å². The molecule has 4 heteroatoms. The molecule has 0 radical (unpaired) electrons. The molecule has 24 valence electrons.